The van der Waals surface area contributed by atoms with Gasteiger partial charge in [-0.1, -0.05) is 6.07 Å². The van der Waals surface area contributed by atoms with Gasteiger partial charge < -0.3 is 10.5 Å². The van der Waals surface area contributed by atoms with Gasteiger partial charge in [-0.3, -0.25) is 10.3 Å². The second kappa shape index (κ2) is 5.82. The van der Waals surface area contributed by atoms with E-state index in [1.807, 2.05) is 12.1 Å². The van der Waals surface area contributed by atoms with E-state index in [0.717, 1.165) is 5.56 Å². The Bertz CT molecular complexity index is 616. The summed E-state index contributed by atoms with van der Waals surface area (Å²) in [7, 11) is 0. The maximum atomic E-state index is 11.7. The van der Waals surface area contributed by atoms with Crippen LogP contribution >= 0.6 is 0 Å². The summed E-state index contributed by atoms with van der Waals surface area (Å²) in [6, 6.07) is 3.77. The van der Waals surface area contributed by atoms with Gasteiger partial charge in [-0.2, -0.15) is 5.10 Å². The van der Waals surface area contributed by atoms with Gasteiger partial charge in [-0.05, 0) is 32.4 Å². The maximum Gasteiger partial charge on any atom is 0.412 e. The standard InChI is InChI=1S/C14H19N5O2/c1-14(2,3)21-13(20)18-11-8-17-19(12(11)15)9-10-5-4-6-16-7-10/h4-8H,9,15H2,1-3H3,(H,18,20). The molecule has 0 aromatic carbocycles. The second-order valence-corrected chi connectivity index (χ2v) is 5.59. The molecule has 0 unspecified atom stereocenters. The first kappa shape index (κ1) is 14.8. The van der Waals surface area contributed by atoms with Crippen LogP contribution in [0, 0.1) is 0 Å². The molecule has 0 aliphatic rings. The lowest BCUT2D eigenvalue weighted by molar-refractivity contribution is 0.0636. The van der Waals surface area contributed by atoms with Crippen LogP contribution in [0.25, 0.3) is 0 Å². The monoisotopic (exact) mass is 289 g/mol. The zero-order valence-electron chi connectivity index (χ0n) is 12.3. The summed E-state index contributed by atoms with van der Waals surface area (Å²) in [4.78, 5) is 15.7. The lowest BCUT2D eigenvalue weighted by Gasteiger charge is -2.19. The van der Waals surface area contributed by atoms with E-state index in [4.69, 9.17) is 10.5 Å². The van der Waals surface area contributed by atoms with Gasteiger partial charge >= 0.3 is 6.09 Å². The smallest absolute Gasteiger partial charge is 0.412 e. The third-order valence-electron chi connectivity index (χ3n) is 2.57. The highest BCUT2D eigenvalue weighted by Crippen LogP contribution is 2.19. The number of carbonyl (C=O) groups is 1. The fourth-order valence-electron chi connectivity index (χ4n) is 1.70. The first-order valence-corrected chi connectivity index (χ1v) is 6.55. The molecule has 0 saturated carbocycles. The van der Waals surface area contributed by atoms with E-state index in [0.29, 0.717) is 18.1 Å². The van der Waals surface area contributed by atoms with Crippen molar-refractivity contribution < 1.29 is 9.53 Å². The fourth-order valence-corrected chi connectivity index (χ4v) is 1.70. The zero-order chi connectivity index (χ0) is 15.5. The topological polar surface area (TPSA) is 95.1 Å². The number of carbonyl (C=O) groups excluding carboxylic acids is 1. The Morgan fingerprint density at radius 3 is 2.81 bits per heavy atom. The summed E-state index contributed by atoms with van der Waals surface area (Å²) in [6.45, 7) is 5.86. The van der Waals surface area contributed by atoms with Gasteiger partial charge in [0.15, 0.2) is 0 Å². The van der Waals surface area contributed by atoms with Crippen LogP contribution in [0.3, 0.4) is 0 Å². The molecule has 21 heavy (non-hydrogen) atoms. The first-order valence-electron chi connectivity index (χ1n) is 6.55. The van der Waals surface area contributed by atoms with Gasteiger partial charge in [-0.15, -0.1) is 0 Å². The number of nitrogen functional groups attached to an aromatic ring is 1. The predicted molar refractivity (Wildman–Crippen MR) is 79.8 cm³/mol. The Labute approximate surface area is 123 Å². The van der Waals surface area contributed by atoms with E-state index in [1.54, 1.807) is 37.8 Å². The molecule has 2 aromatic heterocycles. The van der Waals surface area contributed by atoms with Crippen molar-refractivity contribution in [2.45, 2.75) is 32.9 Å². The number of aromatic nitrogens is 3. The Morgan fingerprint density at radius 1 is 1.43 bits per heavy atom. The van der Waals surface area contributed by atoms with E-state index in [-0.39, 0.29) is 0 Å². The van der Waals surface area contributed by atoms with Crippen LogP contribution in [0.1, 0.15) is 26.3 Å². The number of hydrogen-bond acceptors (Lipinski definition) is 5. The predicted octanol–water partition coefficient (Wildman–Crippen LogP) is 2.26. The molecule has 0 radical (unpaired) electrons. The average Bonchev–Trinajstić information content (AvgIpc) is 2.70. The Kier molecular flexibility index (Phi) is 4.11. The second-order valence-electron chi connectivity index (χ2n) is 5.59. The number of amides is 1. The third-order valence-corrected chi connectivity index (χ3v) is 2.57. The molecule has 112 valence electrons. The molecule has 7 nitrogen and oxygen atoms in total. The lowest BCUT2D eigenvalue weighted by atomic mass is 10.2. The van der Waals surface area contributed by atoms with Crippen molar-refractivity contribution in [3.8, 4) is 0 Å². The fraction of sp³-hybridized carbons (Fsp3) is 0.357. The summed E-state index contributed by atoms with van der Waals surface area (Å²) >= 11 is 0. The minimum absolute atomic E-state index is 0.365. The number of hydrogen-bond donors (Lipinski definition) is 2. The van der Waals surface area contributed by atoms with E-state index in [2.05, 4.69) is 15.4 Å². The third kappa shape index (κ3) is 4.20. The molecule has 1 amide bonds. The molecule has 0 atom stereocenters. The molecule has 0 fully saturated rings. The maximum absolute atomic E-state index is 11.7. The van der Waals surface area contributed by atoms with Crippen molar-refractivity contribution in [3.05, 3.63) is 36.3 Å². The summed E-state index contributed by atoms with van der Waals surface area (Å²) in [6.07, 6.45) is 4.37. The van der Waals surface area contributed by atoms with Gasteiger partial charge in [0.05, 0.1) is 12.7 Å². The molecule has 3 N–H and O–H groups in total. The summed E-state index contributed by atoms with van der Waals surface area (Å²) in [5.41, 5.74) is 6.80. The zero-order valence-corrected chi connectivity index (χ0v) is 12.3. The number of nitrogens with two attached hydrogens (primary N) is 1. The van der Waals surface area contributed by atoms with Crippen molar-refractivity contribution in [1.29, 1.82) is 0 Å². The van der Waals surface area contributed by atoms with Gasteiger partial charge in [-0.25, -0.2) is 9.48 Å². The molecule has 0 saturated heterocycles. The van der Waals surface area contributed by atoms with Gasteiger partial charge in [0.2, 0.25) is 0 Å². The largest absolute Gasteiger partial charge is 0.444 e. The van der Waals surface area contributed by atoms with Crippen molar-refractivity contribution in [1.82, 2.24) is 14.8 Å². The van der Waals surface area contributed by atoms with Crippen LogP contribution in [0.5, 0.6) is 0 Å². The molecule has 7 heteroatoms. The normalized spacial score (nSPS) is 11.2. The number of ether oxygens (including phenoxy) is 1. The van der Waals surface area contributed by atoms with Gasteiger partial charge in [0.25, 0.3) is 0 Å². The molecule has 0 aliphatic carbocycles. The number of nitrogens with one attached hydrogen (secondary N) is 1. The Morgan fingerprint density at radius 2 is 2.19 bits per heavy atom. The van der Waals surface area contributed by atoms with E-state index >= 15 is 0 Å². The van der Waals surface area contributed by atoms with Crippen molar-refractivity contribution in [2.24, 2.45) is 0 Å². The Hall–Kier alpha value is -2.57. The van der Waals surface area contributed by atoms with Crippen LogP contribution in [0.4, 0.5) is 16.3 Å². The van der Waals surface area contributed by atoms with Crippen molar-refractivity contribution in [2.75, 3.05) is 11.1 Å². The van der Waals surface area contributed by atoms with Crippen LogP contribution in [0.2, 0.25) is 0 Å². The Balaban J connectivity index is 2.05. The SMILES string of the molecule is CC(C)(C)OC(=O)Nc1cnn(Cc2cccnc2)c1N. The minimum atomic E-state index is -0.565. The van der Waals surface area contributed by atoms with Crippen LogP contribution in [-0.4, -0.2) is 26.5 Å². The molecule has 2 aromatic rings. The number of pyridine rings is 1. The molecule has 0 spiro atoms. The van der Waals surface area contributed by atoms with Crippen LogP contribution in [0.15, 0.2) is 30.7 Å². The van der Waals surface area contributed by atoms with Crippen molar-refractivity contribution in [3.63, 3.8) is 0 Å². The molecule has 0 aliphatic heterocycles. The van der Waals surface area contributed by atoms with Crippen LogP contribution < -0.4 is 11.1 Å². The highest BCUT2D eigenvalue weighted by atomic mass is 16.6. The lowest BCUT2D eigenvalue weighted by Crippen LogP contribution is -2.27. The van der Waals surface area contributed by atoms with Crippen molar-refractivity contribution >= 4 is 17.6 Å². The number of rotatable bonds is 3. The average molecular weight is 289 g/mol. The van der Waals surface area contributed by atoms with E-state index < -0.39 is 11.7 Å². The minimum Gasteiger partial charge on any atom is -0.444 e. The molecule has 2 heterocycles. The number of anilines is 2. The molecule has 2 rings (SSSR count). The van der Waals surface area contributed by atoms with Gasteiger partial charge in [0.1, 0.15) is 17.1 Å². The highest BCUT2D eigenvalue weighted by Gasteiger charge is 2.18. The summed E-state index contributed by atoms with van der Waals surface area (Å²) in [5, 5.41) is 6.74. The summed E-state index contributed by atoms with van der Waals surface area (Å²) in [5.74, 6) is 0.365. The number of nitrogens with zero attached hydrogens (tertiary/aromatic N) is 3. The van der Waals surface area contributed by atoms with Gasteiger partial charge in [0, 0.05) is 12.4 Å². The first-order chi connectivity index (χ1) is 9.85. The molecular formula is C14H19N5O2. The van der Waals surface area contributed by atoms with E-state index in [1.165, 1.54) is 6.20 Å². The molecular weight excluding hydrogens is 270 g/mol. The summed E-state index contributed by atoms with van der Waals surface area (Å²) < 4.78 is 6.76. The molecule has 0 bridgehead atoms. The van der Waals surface area contributed by atoms with Crippen LogP contribution in [-0.2, 0) is 11.3 Å². The van der Waals surface area contributed by atoms with E-state index in [9.17, 15) is 4.79 Å². The highest BCUT2D eigenvalue weighted by molar-refractivity contribution is 5.88. The quantitative estimate of drug-likeness (QED) is 0.903.